The van der Waals surface area contributed by atoms with Crippen LogP contribution in [0.5, 0.6) is 0 Å². The topological polar surface area (TPSA) is 51.8 Å². The maximum absolute atomic E-state index is 6.16. The molecule has 2 heterocycles. The Balaban J connectivity index is 0.923. The van der Waals surface area contributed by atoms with E-state index >= 15 is 0 Å². The van der Waals surface area contributed by atoms with Crippen LogP contribution in [0.2, 0.25) is 0 Å². The lowest BCUT2D eigenvalue weighted by molar-refractivity contribution is 0.353. The van der Waals surface area contributed by atoms with Gasteiger partial charge in [0.05, 0.1) is 0 Å². The van der Waals surface area contributed by atoms with E-state index in [1.807, 2.05) is 36.4 Å². The van der Waals surface area contributed by atoms with Crippen molar-refractivity contribution in [3.63, 3.8) is 0 Å². The van der Waals surface area contributed by atoms with Crippen molar-refractivity contribution in [2.45, 2.75) is 37.5 Å². The van der Waals surface area contributed by atoms with Gasteiger partial charge in [0.1, 0.15) is 11.2 Å². The summed E-state index contributed by atoms with van der Waals surface area (Å²) in [5.74, 6) is 1.86. The van der Waals surface area contributed by atoms with E-state index in [2.05, 4.69) is 152 Å². The van der Waals surface area contributed by atoms with Gasteiger partial charge in [0.2, 0.25) is 0 Å². The van der Waals surface area contributed by atoms with Crippen LogP contribution in [0.3, 0.4) is 0 Å². The Kier molecular flexibility index (Phi) is 8.38. The highest BCUT2D eigenvalue weighted by atomic mass is 16.3. The molecule has 8 aromatic carbocycles. The molecule has 290 valence electrons. The van der Waals surface area contributed by atoms with Crippen LogP contribution in [0.15, 0.2) is 192 Å². The molecule has 0 unspecified atom stereocenters. The first kappa shape index (κ1) is 35.5. The molecule has 4 heteroatoms. The minimum atomic E-state index is 0.133. The summed E-state index contributed by atoms with van der Waals surface area (Å²) in [5, 5.41) is 2.10. The molecule has 10 aromatic rings. The van der Waals surface area contributed by atoms with Crippen molar-refractivity contribution in [3.8, 4) is 78.7 Å². The molecular weight excluding hydrogens is 743 g/mol. The van der Waals surface area contributed by atoms with Crippen molar-refractivity contribution in [2.24, 2.45) is 0 Å². The molecule has 4 nitrogen and oxygen atoms in total. The first-order valence-corrected chi connectivity index (χ1v) is 21.5. The molecule has 0 N–H and O–H groups in total. The number of hydrogen-bond acceptors (Lipinski definition) is 4. The zero-order chi connectivity index (χ0) is 40.3. The van der Waals surface area contributed by atoms with Gasteiger partial charge in [-0.3, -0.25) is 0 Å². The molecule has 2 aliphatic rings. The Morgan fingerprint density at radius 2 is 0.869 bits per heavy atom. The average molecular weight is 784 g/mol. The molecule has 0 aliphatic heterocycles. The van der Waals surface area contributed by atoms with E-state index in [0.717, 1.165) is 49.8 Å². The fourth-order valence-corrected chi connectivity index (χ4v) is 10.2. The van der Waals surface area contributed by atoms with Crippen LogP contribution in [-0.4, -0.2) is 15.0 Å². The second-order valence-electron chi connectivity index (χ2n) is 16.6. The molecule has 2 aromatic heterocycles. The van der Waals surface area contributed by atoms with Crippen LogP contribution >= 0.6 is 0 Å². The fraction of sp³-hybridized carbons (Fsp3) is 0.105. The summed E-state index contributed by atoms with van der Waals surface area (Å²) in [4.78, 5) is 15.3. The number of aromatic nitrogens is 3. The number of hydrogen-bond donors (Lipinski definition) is 0. The quantitative estimate of drug-likeness (QED) is 0.169. The van der Waals surface area contributed by atoms with Crippen LogP contribution in [0.1, 0.15) is 43.2 Å². The molecule has 0 amide bonds. The lowest BCUT2D eigenvalue weighted by Crippen LogP contribution is -2.27. The van der Waals surface area contributed by atoms with Gasteiger partial charge in [0.15, 0.2) is 17.5 Å². The van der Waals surface area contributed by atoms with Gasteiger partial charge in [0.25, 0.3) is 0 Å². The fourth-order valence-electron chi connectivity index (χ4n) is 10.2. The summed E-state index contributed by atoms with van der Waals surface area (Å²) >= 11 is 0. The summed E-state index contributed by atoms with van der Waals surface area (Å²) in [6.45, 7) is 0. The lowest BCUT2D eigenvalue weighted by Gasteiger charge is -2.36. The predicted molar refractivity (Wildman–Crippen MR) is 249 cm³/mol. The minimum Gasteiger partial charge on any atom is -0.456 e. The van der Waals surface area contributed by atoms with Gasteiger partial charge in [-0.2, -0.15) is 0 Å². The summed E-state index contributed by atoms with van der Waals surface area (Å²) in [6.07, 6.45) is 6.37. The van der Waals surface area contributed by atoms with Crippen molar-refractivity contribution in [2.75, 3.05) is 0 Å². The third-order valence-electron chi connectivity index (χ3n) is 13.2. The molecular formula is C57H41N3O. The number of fused-ring (bicyclic) bond motifs is 8. The van der Waals surface area contributed by atoms with E-state index in [4.69, 9.17) is 19.4 Å². The Labute approximate surface area is 355 Å². The number of para-hydroxylation sites is 1. The lowest BCUT2D eigenvalue weighted by atomic mass is 9.68. The van der Waals surface area contributed by atoms with E-state index in [0.29, 0.717) is 17.5 Å². The smallest absolute Gasteiger partial charge is 0.164 e. The third kappa shape index (κ3) is 6.01. The highest BCUT2D eigenvalue weighted by Gasteiger charge is 2.44. The first-order valence-electron chi connectivity index (χ1n) is 21.5. The van der Waals surface area contributed by atoms with Gasteiger partial charge in [-0.05, 0) is 98.8 Å². The van der Waals surface area contributed by atoms with Gasteiger partial charge in [-0.1, -0.05) is 177 Å². The number of rotatable bonds is 6. The maximum atomic E-state index is 6.16. The normalized spacial score (nSPS) is 14.0. The van der Waals surface area contributed by atoms with Crippen LogP contribution < -0.4 is 0 Å². The maximum Gasteiger partial charge on any atom is 0.164 e. The standard InChI is InChI=1S/C57H41N3O/c1-3-13-37(14-4-1)38-23-27-40(28-24-38)54-58-55(60-56(59-54)44-31-32-52-48(36-44)46-17-6-8-22-51(46)61-52)41-29-25-39(26-30-41)42-15-11-16-43(35-42)45-19-12-21-50-53(45)47-18-5-7-20-49(47)57(50)33-9-2-10-34-57/h1,3-8,11-32,35-36H,2,9-10,33-34H2. The summed E-state index contributed by atoms with van der Waals surface area (Å²) in [6, 6.07) is 67.1. The molecule has 12 rings (SSSR count). The molecule has 0 atom stereocenters. The Morgan fingerprint density at radius 3 is 1.64 bits per heavy atom. The number of furan rings is 1. The molecule has 2 aliphatic carbocycles. The average Bonchev–Trinajstić information content (AvgIpc) is 3.85. The minimum absolute atomic E-state index is 0.133. The molecule has 0 radical (unpaired) electrons. The van der Waals surface area contributed by atoms with Crippen molar-refractivity contribution in [1.82, 2.24) is 15.0 Å². The van der Waals surface area contributed by atoms with Crippen molar-refractivity contribution in [1.29, 1.82) is 0 Å². The van der Waals surface area contributed by atoms with Crippen LogP contribution in [-0.2, 0) is 5.41 Å². The summed E-state index contributed by atoms with van der Waals surface area (Å²) in [7, 11) is 0. The van der Waals surface area contributed by atoms with Gasteiger partial charge in [-0.15, -0.1) is 0 Å². The summed E-state index contributed by atoms with van der Waals surface area (Å²) < 4.78 is 6.16. The zero-order valence-electron chi connectivity index (χ0n) is 33.7. The zero-order valence-corrected chi connectivity index (χ0v) is 33.7. The molecule has 61 heavy (non-hydrogen) atoms. The number of nitrogens with zero attached hydrogens (tertiary/aromatic N) is 3. The molecule has 0 saturated heterocycles. The van der Waals surface area contributed by atoms with Gasteiger partial charge in [-0.25, -0.2) is 15.0 Å². The molecule has 0 bridgehead atoms. The monoisotopic (exact) mass is 783 g/mol. The second-order valence-corrected chi connectivity index (χ2v) is 16.6. The van der Waals surface area contributed by atoms with Gasteiger partial charge < -0.3 is 4.42 Å². The second kappa shape index (κ2) is 14.4. The summed E-state index contributed by atoms with van der Waals surface area (Å²) in [5.41, 5.74) is 17.7. The molecule has 1 fully saturated rings. The van der Waals surface area contributed by atoms with Crippen molar-refractivity contribution in [3.05, 3.63) is 199 Å². The Morgan fingerprint density at radius 1 is 0.344 bits per heavy atom. The third-order valence-corrected chi connectivity index (χ3v) is 13.2. The first-order chi connectivity index (χ1) is 30.2. The van der Waals surface area contributed by atoms with Crippen molar-refractivity contribution >= 4 is 21.9 Å². The highest BCUT2D eigenvalue weighted by Crippen LogP contribution is 2.57. The molecule has 1 saturated carbocycles. The van der Waals surface area contributed by atoms with Crippen molar-refractivity contribution < 1.29 is 4.42 Å². The van der Waals surface area contributed by atoms with Crippen LogP contribution in [0.25, 0.3) is 101 Å². The van der Waals surface area contributed by atoms with E-state index in [1.54, 1.807) is 0 Å². The SMILES string of the molecule is c1ccc(-c2ccc(-c3nc(-c4ccc(-c5cccc(-c6cccc7c6-c6ccccc6C76CCCCC6)c5)cc4)nc(-c4ccc5oc6ccccc6c5c4)n3)cc2)cc1. The Hall–Kier alpha value is -7.43. The van der Waals surface area contributed by atoms with Gasteiger partial charge >= 0.3 is 0 Å². The van der Waals surface area contributed by atoms with Crippen LogP contribution in [0.4, 0.5) is 0 Å². The van der Waals surface area contributed by atoms with E-state index in [1.165, 1.54) is 76.6 Å². The predicted octanol–water partition coefficient (Wildman–Crippen LogP) is 15.0. The van der Waals surface area contributed by atoms with E-state index in [9.17, 15) is 0 Å². The highest BCUT2D eigenvalue weighted by molar-refractivity contribution is 6.06. The van der Waals surface area contributed by atoms with E-state index < -0.39 is 0 Å². The molecule has 1 spiro atoms. The van der Waals surface area contributed by atoms with Gasteiger partial charge in [0, 0.05) is 32.9 Å². The Bertz CT molecular complexity index is 3270. The largest absolute Gasteiger partial charge is 0.456 e. The van der Waals surface area contributed by atoms with E-state index in [-0.39, 0.29) is 5.41 Å². The number of benzene rings is 8. The van der Waals surface area contributed by atoms with Crippen LogP contribution in [0, 0.1) is 0 Å².